The fourth-order valence-electron chi connectivity index (χ4n) is 5.25. The van der Waals surface area contributed by atoms with Crippen LogP contribution in [0.3, 0.4) is 0 Å². The fourth-order valence-corrected chi connectivity index (χ4v) is 5.45. The smallest absolute Gasteiger partial charge is 0.334 e. The maximum atomic E-state index is 13.6. The van der Waals surface area contributed by atoms with Crippen LogP contribution in [0.2, 0.25) is 5.02 Å². The topological polar surface area (TPSA) is 76.2 Å². The van der Waals surface area contributed by atoms with Gasteiger partial charge in [0.25, 0.3) is 0 Å². The highest BCUT2D eigenvalue weighted by atomic mass is 35.5. The largest absolute Gasteiger partial charge is 0.416 e. The van der Waals surface area contributed by atoms with E-state index in [9.17, 15) is 40.7 Å². The van der Waals surface area contributed by atoms with Crippen molar-refractivity contribution >= 4 is 29.4 Å². The van der Waals surface area contributed by atoms with Crippen LogP contribution >= 0.6 is 11.6 Å². The summed E-state index contributed by atoms with van der Waals surface area (Å²) in [5, 5.41) is 2.83. The second-order valence-electron chi connectivity index (χ2n) is 10.7. The molecule has 2 atom stereocenters. The van der Waals surface area contributed by atoms with E-state index in [1.807, 2.05) is 19.0 Å². The summed E-state index contributed by atoms with van der Waals surface area (Å²) in [5.74, 6) is -0.659. The summed E-state index contributed by atoms with van der Waals surface area (Å²) in [4.78, 5) is 46.1. The third-order valence-corrected chi connectivity index (χ3v) is 7.74. The van der Waals surface area contributed by atoms with Crippen LogP contribution in [0.5, 0.6) is 0 Å². The molecule has 15 heteroatoms. The first-order valence-corrected chi connectivity index (χ1v) is 13.7. The summed E-state index contributed by atoms with van der Waals surface area (Å²) >= 11 is 6.32. The van der Waals surface area contributed by atoms with Crippen LogP contribution in [0.25, 0.3) is 0 Å². The molecule has 43 heavy (non-hydrogen) atoms. The monoisotopic (exact) mass is 633 g/mol. The number of alkyl halides is 6. The van der Waals surface area contributed by atoms with E-state index in [2.05, 4.69) is 5.32 Å². The third kappa shape index (κ3) is 7.53. The van der Waals surface area contributed by atoms with Gasteiger partial charge in [0, 0.05) is 31.1 Å². The van der Waals surface area contributed by atoms with E-state index in [1.54, 1.807) is 24.3 Å². The van der Waals surface area contributed by atoms with E-state index >= 15 is 0 Å². The van der Waals surface area contributed by atoms with Gasteiger partial charge in [0.2, 0.25) is 11.8 Å². The Morgan fingerprint density at radius 1 is 1.02 bits per heavy atom. The molecule has 234 valence electrons. The average Bonchev–Trinajstić information content (AvgIpc) is 2.92. The van der Waals surface area contributed by atoms with Gasteiger partial charge in [-0.05, 0) is 62.5 Å². The van der Waals surface area contributed by atoms with Gasteiger partial charge in [0.05, 0.1) is 17.7 Å². The van der Waals surface area contributed by atoms with Crippen molar-refractivity contribution in [2.75, 3.05) is 33.7 Å². The molecule has 0 aromatic heterocycles. The van der Waals surface area contributed by atoms with Gasteiger partial charge in [-0.3, -0.25) is 9.59 Å². The lowest BCUT2D eigenvalue weighted by molar-refractivity contribution is -0.167. The van der Waals surface area contributed by atoms with Crippen molar-refractivity contribution in [1.29, 1.82) is 0 Å². The summed E-state index contributed by atoms with van der Waals surface area (Å²) in [7, 11) is 3.62. The van der Waals surface area contributed by atoms with E-state index in [4.69, 9.17) is 11.6 Å². The highest BCUT2D eigenvalue weighted by Crippen LogP contribution is 2.36. The lowest BCUT2D eigenvalue weighted by Gasteiger charge is -2.52. The minimum Gasteiger partial charge on any atom is -0.334 e. The Hall–Kier alpha value is -3.52. The molecule has 2 aromatic rings. The van der Waals surface area contributed by atoms with Gasteiger partial charge in [-0.1, -0.05) is 29.8 Å². The summed E-state index contributed by atoms with van der Waals surface area (Å²) < 4.78 is 79.8. The molecule has 4 amide bonds. The summed E-state index contributed by atoms with van der Waals surface area (Å²) in [6.07, 6.45) is -10.8. The van der Waals surface area contributed by atoms with Crippen LogP contribution in [-0.4, -0.2) is 83.4 Å². The molecule has 0 saturated carbocycles. The standard InChI is InChI=1S/C28H30ClF6N5O3/c1-37(2)9-7-22-25(42)38(15-18-5-3-4-6-21(18)29)16-23-39(10-8-24(41)40(22)23)26(43)36-14-17-11-19(27(30,31)32)13-20(12-17)28(33,34)35/h3-6,11-13,22-23H,7-10,14-16H2,1-2H3,(H,36,43)/t22-,23?/m0/s1. The number of hydrogen-bond donors (Lipinski definition) is 1. The number of nitrogens with one attached hydrogen (secondary N) is 1. The molecule has 2 fully saturated rings. The molecule has 8 nitrogen and oxygen atoms in total. The predicted octanol–water partition coefficient (Wildman–Crippen LogP) is 4.81. The summed E-state index contributed by atoms with van der Waals surface area (Å²) in [6.45, 7) is -0.193. The van der Waals surface area contributed by atoms with Crippen molar-refractivity contribution in [3.63, 3.8) is 0 Å². The van der Waals surface area contributed by atoms with Crippen LogP contribution in [0.4, 0.5) is 31.1 Å². The average molecular weight is 634 g/mol. The Kier molecular flexibility index (Phi) is 9.50. The van der Waals surface area contributed by atoms with E-state index in [1.165, 1.54) is 14.7 Å². The van der Waals surface area contributed by atoms with Gasteiger partial charge in [-0.25, -0.2) is 4.79 Å². The summed E-state index contributed by atoms with van der Waals surface area (Å²) in [6, 6.07) is 6.32. The summed E-state index contributed by atoms with van der Waals surface area (Å²) in [5.41, 5.74) is -2.74. The van der Waals surface area contributed by atoms with Crippen molar-refractivity contribution in [3.8, 4) is 0 Å². The van der Waals surface area contributed by atoms with Crippen molar-refractivity contribution in [1.82, 2.24) is 24.9 Å². The van der Waals surface area contributed by atoms with E-state index < -0.39 is 53.8 Å². The number of rotatable bonds is 7. The minimum absolute atomic E-state index is 0.0138. The molecule has 2 aromatic carbocycles. The number of halogens is 7. The third-order valence-electron chi connectivity index (χ3n) is 7.37. The molecular formula is C28H30ClF6N5O3. The maximum Gasteiger partial charge on any atom is 0.416 e. The highest BCUT2D eigenvalue weighted by Gasteiger charge is 2.48. The predicted molar refractivity (Wildman–Crippen MR) is 144 cm³/mol. The SMILES string of the molecule is CN(C)CC[C@H]1C(=O)N(Cc2ccccc2Cl)CC2N(C(=O)NCc3cc(C(F)(F)F)cc(C(F)(F)F)c3)CCC(=O)N21. The van der Waals surface area contributed by atoms with Crippen LogP contribution < -0.4 is 5.32 Å². The first-order valence-electron chi connectivity index (χ1n) is 13.4. The Morgan fingerprint density at radius 3 is 2.23 bits per heavy atom. The second-order valence-corrected chi connectivity index (χ2v) is 11.1. The molecule has 1 N–H and O–H groups in total. The lowest BCUT2D eigenvalue weighted by Crippen LogP contribution is -2.72. The van der Waals surface area contributed by atoms with Gasteiger partial charge in [-0.15, -0.1) is 0 Å². The van der Waals surface area contributed by atoms with Gasteiger partial charge in [0.15, 0.2) is 0 Å². The zero-order valence-electron chi connectivity index (χ0n) is 23.3. The molecule has 2 aliphatic rings. The van der Waals surface area contributed by atoms with Crippen molar-refractivity contribution in [3.05, 3.63) is 69.7 Å². The molecule has 2 saturated heterocycles. The first-order chi connectivity index (χ1) is 20.1. The van der Waals surface area contributed by atoms with Gasteiger partial charge in [0.1, 0.15) is 12.2 Å². The van der Waals surface area contributed by atoms with Crippen LogP contribution in [0, 0.1) is 0 Å². The van der Waals surface area contributed by atoms with Crippen LogP contribution in [-0.2, 0) is 35.0 Å². The quantitative estimate of drug-likeness (QED) is 0.444. The number of fused-ring (bicyclic) bond motifs is 1. The Balaban J connectivity index is 1.60. The molecule has 2 heterocycles. The zero-order chi connectivity index (χ0) is 31.7. The van der Waals surface area contributed by atoms with E-state index in [-0.39, 0.29) is 50.4 Å². The number of piperazine rings is 1. The number of urea groups is 1. The highest BCUT2D eigenvalue weighted by molar-refractivity contribution is 6.31. The van der Waals surface area contributed by atoms with Crippen LogP contribution in [0.15, 0.2) is 42.5 Å². The van der Waals surface area contributed by atoms with E-state index in [0.29, 0.717) is 29.3 Å². The zero-order valence-corrected chi connectivity index (χ0v) is 24.1. The first kappa shape index (κ1) is 32.4. The van der Waals surface area contributed by atoms with Gasteiger partial charge < -0.3 is 24.9 Å². The van der Waals surface area contributed by atoms with E-state index in [0.717, 1.165) is 0 Å². The molecule has 0 spiro atoms. The lowest BCUT2D eigenvalue weighted by atomic mass is 10.0. The molecule has 0 bridgehead atoms. The number of amides is 4. The Bertz CT molecular complexity index is 1340. The fraction of sp³-hybridized carbons (Fsp3) is 0.464. The van der Waals surface area contributed by atoms with Crippen molar-refractivity contribution in [2.45, 2.75) is 50.5 Å². The Morgan fingerprint density at radius 2 is 1.65 bits per heavy atom. The second kappa shape index (κ2) is 12.6. The number of hydrogen-bond acceptors (Lipinski definition) is 4. The molecule has 1 unspecified atom stereocenters. The molecule has 2 aliphatic heterocycles. The Labute approximate surface area is 249 Å². The maximum absolute atomic E-state index is 13.6. The van der Waals surface area contributed by atoms with Crippen molar-refractivity contribution < 1.29 is 40.7 Å². The number of carbonyl (C=O) groups excluding carboxylic acids is 3. The minimum atomic E-state index is -5.03. The number of nitrogens with zero attached hydrogens (tertiary/aromatic N) is 4. The normalized spacial score (nSPS) is 19.6. The van der Waals surface area contributed by atoms with Crippen LogP contribution in [0.1, 0.15) is 35.1 Å². The van der Waals surface area contributed by atoms with Gasteiger partial charge >= 0.3 is 18.4 Å². The molecular weight excluding hydrogens is 604 g/mol. The number of carbonyl (C=O) groups is 3. The molecule has 4 rings (SSSR count). The number of benzene rings is 2. The molecule has 0 aliphatic carbocycles. The van der Waals surface area contributed by atoms with Crippen molar-refractivity contribution in [2.24, 2.45) is 0 Å². The molecule has 0 radical (unpaired) electrons. The van der Waals surface area contributed by atoms with Gasteiger partial charge in [-0.2, -0.15) is 26.3 Å².